The molecule has 1 aliphatic heterocycles. The number of nitrogens with one attached hydrogen (secondary N) is 1. The van der Waals surface area contributed by atoms with Crippen LogP contribution in [0.4, 0.5) is 5.69 Å². The molecule has 34 heavy (non-hydrogen) atoms. The third-order valence-electron chi connectivity index (χ3n) is 6.18. The summed E-state index contributed by atoms with van der Waals surface area (Å²) in [6, 6.07) is 18.8. The van der Waals surface area contributed by atoms with Crippen LogP contribution in [0.1, 0.15) is 42.6 Å². The molecule has 4 rings (SSSR count). The van der Waals surface area contributed by atoms with Crippen LogP contribution >= 0.6 is 15.9 Å². The van der Waals surface area contributed by atoms with Crippen molar-refractivity contribution in [3.05, 3.63) is 76.3 Å². The molecule has 0 saturated heterocycles. The number of amides is 3. The van der Waals surface area contributed by atoms with Gasteiger partial charge in [0.1, 0.15) is 6.04 Å². The number of rotatable bonds is 9. The number of benzene rings is 3. The van der Waals surface area contributed by atoms with E-state index in [1.54, 1.807) is 16.7 Å². The minimum Gasteiger partial charge on any atom is -0.355 e. The Morgan fingerprint density at radius 3 is 2.56 bits per heavy atom. The number of likely N-dealkylation sites (N-methyl/N-ethyl adjacent to an activating group) is 1. The topological polar surface area (TPSA) is 69.7 Å². The third-order valence-corrected chi connectivity index (χ3v) is 6.67. The molecule has 176 valence electrons. The molecule has 0 aliphatic carbocycles. The van der Waals surface area contributed by atoms with Gasteiger partial charge in [-0.2, -0.15) is 0 Å². The summed E-state index contributed by atoms with van der Waals surface area (Å²) in [4.78, 5) is 42.2. The second-order valence-electron chi connectivity index (χ2n) is 8.46. The van der Waals surface area contributed by atoms with Gasteiger partial charge in [0, 0.05) is 41.5 Å². The SMILES string of the molecule is CCNC(=O)C(C)N(Cc1cccc(Br)c1)C(=O)CCCN1C(=O)c2cccc3cccc1c23. The first kappa shape index (κ1) is 24.0. The molecule has 1 aliphatic rings. The molecule has 0 bridgehead atoms. The van der Waals surface area contributed by atoms with E-state index >= 15 is 0 Å². The van der Waals surface area contributed by atoms with Gasteiger partial charge in [-0.3, -0.25) is 14.4 Å². The third kappa shape index (κ3) is 4.85. The number of carbonyl (C=O) groups excluding carboxylic acids is 3. The van der Waals surface area contributed by atoms with Gasteiger partial charge in [-0.25, -0.2) is 0 Å². The average molecular weight is 522 g/mol. The largest absolute Gasteiger partial charge is 0.355 e. The van der Waals surface area contributed by atoms with E-state index in [4.69, 9.17) is 0 Å². The second-order valence-corrected chi connectivity index (χ2v) is 9.38. The van der Waals surface area contributed by atoms with Crippen LogP contribution in [0, 0.1) is 0 Å². The van der Waals surface area contributed by atoms with Crippen molar-refractivity contribution in [3.63, 3.8) is 0 Å². The van der Waals surface area contributed by atoms with Crippen molar-refractivity contribution < 1.29 is 14.4 Å². The lowest BCUT2D eigenvalue weighted by Gasteiger charge is -2.29. The van der Waals surface area contributed by atoms with E-state index in [1.807, 2.05) is 67.6 Å². The van der Waals surface area contributed by atoms with Crippen LogP contribution in [0.15, 0.2) is 65.1 Å². The smallest absolute Gasteiger partial charge is 0.258 e. The molecule has 0 saturated carbocycles. The minimum absolute atomic E-state index is 0.0269. The van der Waals surface area contributed by atoms with Crippen molar-refractivity contribution in [2.24, 2.45) is 0 Å². The number of nitrogens with zero attached hydrogens (tertiary/aromatic N) is 2. The predicted molar refractivity (Wildman–Crippen MR) is 138 cm³/mol. The quantitative estimate of drug-likeness (QED) is 0.435. The van der Waals surface area contributed by atoms with Crippen molar-refractivity contribution in [3.8, 4) is 0 Å². The maximum atomic E-state index is 13.3. The maximum Gasteiger partial charge on any atom is 0.258 e. The summed E-state index contributed by atoms with van der Waals surface area (Å²) >= 11 is 3.47. The molecule has 0 spiro atoms. The van der Waals surface area contributed by atoms with Crippen molar-refractivity contribution in [1.29, 1.82) is 0 Å². The van der Waals surface area contributed by atoms with Crippen LogP contribution in [0.2, 0.25) is 0 Å². The number of hydrogen-bond donors (Lipinski definition) is 1. The van der Waals surface area contributed by atoms with Crippen LogP contribution in [0.3, 0.4) is 0 Å². The van der Waals surface area contributed by atoms with Gasteiger partial charge in [0.25, 0.3) is 5.91 Å². The number of hydrogen-bond acceptors (Lipinski definition) is 3. The summed E-state index contributed by atoms with van der Waals surface area (Å²) in [6.45, 7) is 4.90. The molecule has 1 heterocycles. The Kier molecular flexibility index (Phi) is 7.32. The van der Waals surface area contributed by atoms with Crippen molar-refractivity contribution >= 4 is 50.1 Å². The van der Waals surface area contributed by atoms with Gasteiger partial charge in [-0.1, -0.05) is 52.3 Å². The monoisotopic (exact) mass is 521 g/mol. The van der Waals surface area contributed by atoms with Gasteiger partial charge < -0.3 is 15.1 Å². The number of anilines is 1. The molecule has 1 atom stereocenters. The fourth-order valence-electron chi connectivity index (χ4n) is 4.47. The molecule has 0 radical (unpaired) electrons. The standard InChI is InChI=1S/C27H28BrN3O3/c1-3-29-26(33)18(2)31(17-19-8-4-11-21(28)16-19)24(32)14-7-15-30-23-13-6-10-20-9-5-12-22(25(20)23)27(30)34/h4-6,8-13,16,18H,3,7,14-15,17H2,1-2H3,(H,29,33). The van der Waals surface area contributed by atoms with Crippen LogP contribution in [0.25, 0.3) is 10.8 Å². The Hall–Kier alpha value is -3.19. The molecule has 0 aromatic heterocycles. The highest BCUT2D eigenvalue weighted by molar-refractivity contribution is 9.10. The molecular formula is C27H28BrN3O3. The minimum atomic E-state index is -0.599. The van der Waals surface area contributed by atoms with Crippen LogP contribution in [0.5, 0.6) is 0 Å². The predicted octanol–water partition coefficient (Wildman–Crippen LogP) is 4.90. The lowest BCUT2D eigenvalue weighted by Crippen LogP contribution is -2.47. The fourth-order valence-corrected chi connectivity index (χ4v) is 4.92. The number of halogens is 1. The van der Waals surface area contributed by atoms with Gasteiger partial charge in [-0.05, 0) is 55.5 Å². The molecule has 6 nitrogen and oxygen atoms in total. The van der Waals surface area contributed by atoms with Gasteiger partial charge in [0.05, 0.1) is 5.69 Å². The van der Waals surface area contributed by atoms with E-state index in [1.165, 1.54) is 0 Å². The van der Waals surface area contributed by atoms with E-state index in [-0.39, 0.29) is 24.1 Å². The van der Waals surface area contributed by atoms with E-state index in [2.05, 4.69) is 21.2 Å². The summed E-state index contributed by atoms with van der Waals surface area (Å²) in [5, 5.41) is 4.83. The lowest BCUT2D eigenvalue weighted by atomic mass is 10.1. The molecule has 3 aromatic rings. The second kappa shape index (κ2) is 10.4. The lowest BCUT2D eigenvalue weighted by molar-refractivity contribution is -0.140. The van der Waals surface area contributed by atoms with Crippen LogP contribution in [-0.4, -0.2) is 41.8 Å². The van der Waals surface area contributed by atoms with Crippen molar-refractivity contribution in [1.82, 2.24) is 10.2 Å². The highest BCUT2D eigenvalue weighted by atomic mass is 79.9. The van der Waals surface area contributed by atoms with Gasteiger partial charge in [0.15, 0.2) is 0 Å². The summed E-state index contributed by atoms with van der Waals surface area (Å²) < 4.78 is 0.921. The van der Waals surface area contributed by atoms with Crippen LogP contribution < -0.4 is 10.2 Å². The van der Waals surface area contributed by atoms with E-state index in [0.29, 0.717) is 31.6 Å². The first-order chi connectivity index (χ1) is 16.4. The summed E-state index contributed by atoms with van der Waals surface area (Å²) in [6.07, 6.45) is 0.750. The summed E-state index contributed by atoms with van der Waals surface area (Å²) in [5.74, 6) is -0.315. The Bertz CT molecular complexity index is 1240. The van der Waals surface area contributed by atoms with Crippen molar-refractivity contribution in [2.45, 2.75) is 39.3 Å². The van der Waals surface area contributed by atoms with E-state index in [9.17, 15) is 14.4 Å². The first-order valence-corrected chi connectivity index (χ1v) is 12.3. The maximum absolute atomic E-state index is 13.3. The Morgan fingerprint density at radius 1 is 1.09 bits per heavy atom. The Balaban J connectivity index is 1.46. The molecule has 0 fully saturated rings. The summed E-state index contributed by atoms with van der Waals surface area (Å²) in [5.41, 5.74) is 2.54. The zero-order chi connectivity index (χ0) is 24.2. The van der Waals surface area contributed by atoms with Gasteiger partial charge in [0.2, 0.25) is 11.8 Å². The Labute approximate surface area is 208 Å². The summed E-state index contributed by atoms with van der Waals surface area (Å²) in [7, 11) is 0. The number of carbonyl (C=O) groups is 3. The molecular weight excluding hydrogens is 494 g/mol. The highest BCUT2D eigenvalue weighted by Gasteiger charge is 2.30. The zero-order valence-electron chi connectivity index (χ0n) is 19.4. The molecule has 7 heteroatoms. The van der Waals surface area contributed by atoms with E-state index < -0.39 is 6.04 Å². The zero-order valence-corrected chi connectivity index (χ0v) is 21.0. The Morgan fingerprint density at radius 2 is 1.82 bits per heavy atom. The molecule has 3 amide bonds. The van der Waals surface area contributed by atoms with E-state index in [0.717, 1.165) is 26.5 Å². The fraction of sp³-hybridized carbons (Fsp3) is 0.296. The van der Waals surface area contributed by atoms with Crippen LogP contribution in [-0.2, 0) is 16.1 Å². The van der Waals surface area contributed by atoms with Gasteiger partial charge in [-0.15, -0.1) is 0 Å². The molecule has 1 unspecified atom stereocenters. The normalized spacial score (nSPS) is 13.3. The average Bonchev–Trinajstić information content (AvgIpc) is 3.10. The van der Waals surface area contributed by atoms with Gasteiger partial charge >= 0.3 is 0 Å². The molecule has 3 aromatic carbocycles. The first-order valence-electron chi connectivity index (χ1n) is 11.6. The highest BCUT2D eigenvalue weighted by Crippen LogP contribution is 2.37. The van der Waals surface area contributed by atoms with Crippen molar-refractivity contribution in [2.75, 3.05) is 18.0 Å². The molecule has 1 N–H and O–H groups in total.